The lowest BCUT2D eigenvalue weighted by Crippen LogP contribution is -1.81. The number of hydrogen-bond donors (Lipinski definition) is 0. The van der Waals surface area contributed by atoms with Crippen LogP contribution < -0.4 is 0 Å². The van der Waals surface area contributed by atoms with Crippen LogP contribution in [0.2, 0.25) is 0 Å². The van der Waals surface area contributed by atoms with Gasteiger partial charge in [0.25, 0.3) is 0 Å². The van der Waals surface area contributed by atoms with Gasteiger partial charge < -0.3 is 0 Å². The summed E-state index contributed by atoms with van der Waals surface area (Å²) in [6.45, 7) is 9.03. The fraction of sp³-hybridized carbons (Fsp3) is 1.00. The zero-order valence-electron chi connectivity index (χ0n) is 15.7. The fourth-order valence-corrected chi connectivity index (χ4v) is 2.41. The molecule has 0 rings (SSSR count). The SMILES string of the molecule is CCCCCC.CCCCCCCCCCCCCC.F. The van der Waals surface area contributed by atoms with Crippen molar-refractivity contribution in [2.75, 3.05) is 0 Å². The van der Waals surface area contributed by atoms with Crippen molar-refractivity contribution in [3.63, 3.8) is 0 Å². The highest BCUT2D eigenvalue weighted by Gasteiger charge is 1.91. The second-order valence-corrected chi connectivity index (χ2v) is 6.24. The molecule has 0 heterocycles. The minimum Gasteiger partial charge on any atom is -0.269 e. The van der Waals surface area contributed by atoms with Gasteiger partial charge >= 0.3 is 0 Å². The van der Waals surface area contributed by atoms with Crippen LogP contribution in [0, 0.1) is 0 Å². The van der Waals surface area contributed by atoms with Gasteiger partial charge in [-0.15, -0.1) is 0 Å². The first-order chi connectivity index (χ1) is 9.83. The predicted octanol–water partition coefficient (Wildman–Crippen LogP) is 8.45. The molecule has 0 atom stereocenters. The van der Waals surface area contributed by atoms with Gasteiger partial charge in [0.15, 0.2) is 0 Å². The molecule has 0 fully saturated rings. The molecule has 0 aromatic heterocycles. The molecule has 0 aliphatic carbocycles. The molecule has 0 aromatic rings. The average molecular weight is 305 g/mol. The lowest BCUT2D eigenvalue weighted by Gasteiger charge is -2.01. The first kappa shape index (κ1) is 25.9. The van der Waals surface area contributed by atoms with E-state index < -0.39 is 0 Å². The van der Waals surface area contributed by atoms with Gasteiger partial charge in [0.1, 0.15) is 0 Å². The Bertz CT molecular complexity index is 118. The standard InChI is InChI=1S/C14H30.C6H14.FH/c1-3-5-7-9-11-13-14-12-10-8-6-4-2;1-3-5-6-4-2;/h3-14H2,1-2H3;3-6H2,1-2H3;1H. The Labute approximate surface area is 135 Å². The van der Waals surface area contributed by atoms with E-state index in [0.29, 0.717) is 0 Å². The van der Waals surface area contributed by atoms with Crippen molar-refractivity contribution in [2.45, 2.75) is 130 Å². The molecule has 1 heteroatoms. The third-order valence-electron chi connectivity index (χ3n) is 3.91. The number of hydrogen-bond acceptors (Lipinski definition) is 0. The van der Waals surface area contributed by atoms with Crippen LogP contribution in [0.5, 0.6) is 0 Å². The minimum absolute atomic E-state index is 0. The van der Waals surface area contributed by atoms with Crippen molar-refractivity contribution in [3.8, 4) is 0 Å². The molecule has 0 N–H and O–H groups in total. The van der Waals surface area contributed by atoms with E-state index in [1.807, 2.05) is 0 Å². The van der Waals surface area contributed by atoms with Crippen molar-refractivity contribution < 1.29 is 4.70 Å². The lowest BCUT2D eigenvalue weighted by molar-refractivity contribution is 0.548. The van der Waals surface area contributed by atoms with Crippen LogP contribution in [-0.4, -0.2) is 0 Å². The summed E-state index contributed by atoms with van der Waals surface area (Å²) in [6.07, 6.45) is 23.0. The van der Waals surface area contributed by atoms with Crippen LogP contribution in [0.15, 0.2) is 0 Å². The highest BCUT2D eigenvalue weighted by Crippen LogP contribution is 2.11. The summed E-state index contributed by atoms with van der Waals surface area (Å²) in [5.74, 6) is 0. The Kier molecular flexibility index (Phi) is 34.7. The summed E-state index contributed by atoms with van der Waals surface area (Å²) in [6, 6.07) is 0. The van der Waals surface area contributed by atoms with Gasteiger partial charge in [-0.05, 0) is 0 Å². The van der Waals surface area contributed by atoms with E-state index in [2.05, 4.69) is 27.7 Å². The van der Waals surface area contributed by atoms with E-state index in [-0.39, 0.29) is 4.70 Å². The van der Waals surface area contributed by atoms with Crippen molar-refractivity contribution in [1.82, 2.24) is 0 Å². The van der Waals surface area contributed by atoms with E-state index in [1.165, 1.54) is 103 Å². The molecular formula is C20H45F. The van der Waals surface area contributed by atoms with Crippen molar-refractivity contribution in [2.24, 2.45) is 0 Å². The van der Waals surface area contributed by atoms with Crippen LogP contribution in [0.1, 0.15) is 130 Å². The molecule has 0 aromatic carbocycles. The number of halogens is 1. The molecular weight excluding hydrogens is 259 g/mol. The minimum atomic E-state index is 0. The molecule has 0 aliphatic heterocycles. The first-order valence-corrected chi connectivity index (χ1v) is 9.83. The van der Waals surface area contributed by atoms with Crippen LogP contribution in [0.3, 0.4) is 0 Å². The maximum absolute atomic E-state index is 2.29. The van der Waals surface area contributed by atoms with E-state index in [9.17, 15) is 0 Å². The normalized spacial score (nSPS) is 9.71. The summed E-state index contributed by atoms with van der Waals surface area (Å²) in [5.41, 5.74) is 0. The summed E-state index contributed by atoms with van der Waals surface area (Å²) in [5, 5.41) is 0. The highest BCUT2D eigenvalue weighted by atomic mass is 19.0. The van der Waals surface area contributed by atoms with Gasteiger partial charge in [-0.1, -0.05) is 130 Å². The third-order valence-corrected chi connectivity index (χ3v) is 3.91. The van der Waals surface area contributed by atoms with Crippen molar-refractivity contribution in [3.05, 3.63) is 0 Å². The highest BCUT2D eigenvalue weighted by molar-refractivity contribution is 4.47. The average Bonchev–Trinajstić information content (AvgIpc) is 2.48. The molecule has 0 unspecified atom stereocenters. The maximum Gasteiger partial charge on any atom is -0.0533 e. The zero-order valence-corrected chi connectivity index (χ0v) is 15.7. The fourth-order valence-electron chi connectivity index (χ4n) is 2.41. The monoisotopic (exact) mass is 304 g/mol. The van der Waals surface area contributed by atoms with Gasteiger partial charge in [-0.25, -0.2) is 0 Å². The van der Waals surface area contributed by atoms with Gasteiger partial charge in [-0.3, -0.25) is 4.70 Å². The number of rotatable bonds is 14. The molecule has 0 spiro atoms. The quantitative estimate of drug-likeness (QED) is 0.282. The zero-order chi connectivity index (χ0) is 15.3. The van der Waals surface area contributed by atoms with Crippen LogP contribution in [0.4, 0.5) is 4.70 Å². The molecule has 132 valence electrons. The molecule has 0 saturated heterocycles. The largest absolute Gasteiger partial charge is 0.269 e. The Morgan fingerprint density at radius 3 is 0.619 bits per heavy atom. The number of unbranched alkanes of at least 4 members (excludes halogenated alkanes) is 14. The van der Waals surface area contributed by atoms with Gasteiger partial charge in [0.05, 0.1) is 0 Å². The van der Waals surface area contributed by atoms with E-state index in [1.54, 1.807) is 0 Å². The van der Waals surface area contributed by atoms with E-state index in [0.717, 1.165) is 0 Å². The molecule has 0 bridgehead atoms. The molecule has 0 amide bonds. The Morgan fingerprint density at radius 1 is 0.286 bits per heavy atom. The van der Waals surface area contributed by atoms with E-state index >= 15 is 0 Å². The Balaban J connectivity index is -0.000000394. The summed E-state index contributed by atoms with van der Waals surface area (Å²) >= 11 is 0. The molecule has 0 radical (unpaired) electrons. The second-order valence-electron chi connectivity index (χ2n) is 6.24. The predicted molar refractivity (Wildman–Crippen MR) is 99.1 cm³/mol. The van der Waals surface area contributed by atoms with Crippen molar-refractivity contribution in [1.29, 1.82) is 0 Å². The Morgan fingerprint density at radius 2 is 0.429 bits per heavy atom. The van der Waals surface area contributed by atoms with E-state index in [4.69, 9.17) is 0 Å². The third kappa shape index (κ3) is 33.0. The molecule has 0 saturated carbocycles. The van der Waals surface area contributed by atoms with Gasteiger partial charge in [0, 0.05) is 0 Å². The second kappa shape index (κ2) is 28.1. The van der Waals surface area contributed by atoms with Crippen LogP contribution in [-0.2, 0) is 0 Å². The molecule has 0 aliphatic rings. The smallest absolute Gasteiger partial charge is 0.0533 e. The summed E-state index contributed by atoms with van der Waals surface area (Å²) in [4.78, 5) is 0. The van der Waals surface area contributed by atoms with Gasteiger partial charge in [-0.2, -0.15) is 0 Å². The van der Waals surface area contributed by atoms with Crippen LogP contribution >= 0.6 is 0 Å². The molecule has 0 nitrogen and oxygen atoms in total. The Hall–Kier alpha value is -0.0700. The molecule has 21 heavy (non-hydrogen) atoms. The van der Waals surface area contributed by atoms with Crippen LogP contribution in [0.25, 0.3) is 0 Å². The van der Waals surface area contributed by atoms with Crippen molar-refractivity contribution >= 4 is 0 Å². The topological polar surface area (TPSA) is 0 Å². The van der Waals surface area contributed by atoms with Gasteiger partial charge in [0.2, 0.25) is 0 Å². The summed E-state index contributed by atoms with van der Waals surface area (Å²) in [7, 11) is 0. The summed E-state index contributed by atoms with van der Waals surface area (Å²) < 4.78 is 0. The maximum atomic E-state index is 2.29. The first-order valence-electron chi connectivity index (χ1n) is 9.83. The lowest BCUT2D eigenvalue weighted by atomic mass is 10.1.